The summed E-state index contributed by atoms with van der Waals surface area (Å²) in [6.07, 6.45) is 0. The number of thiazole rings is 1. The van der Waals surface area contributed by atoms with Crippen molar-refractivity contribution in [3.05, 3.63) is 84.2 Å². The zero-order valence-electron chi connectivity index (χ0n) is 15.6. The molecule has 0 saturated heterocycles. The number of aromatic nitrogens is 1. The van der Waals surface area contributed by atoms with Gasteiger partial charge >= 0.3 is 0 Å². The molecule has 1 heterocycles. The number of hydrogen-bond acceptors (Lipinski definition) is 5. The molecule has 1 aromatic heterocycles. The first-order valence-corrected chi connectivity index (χ1v) is 9.84. The van der Waals surface area contributed by atoms with Crippen LogP contribution >= 0.6 is 11.3 Å². The van der Waals surface area contributed by atoms with E-state index in [2.05, 4.69) is 15.6 Å². The summed E-state index contributed by atoms with van der Waals surface area (Å²) >= 11 is 1.17. The average Bonchev–Trinajstić information content (AvgIpc) is 3.14. The lowest BCUT2D eigenvalue weighted by atomic mass is 10.2. The van der Waals surface area contributed by atoms with E-state index in [1.165, 1.54) is 23.5 Å². The number of para-hydroxylation sites is 2. The van der Waals surface area contributed by atoms with Crippen LogP contribution in [0, 0.1) is 5.82 Å². The highest BCUT2D eigenvalue weighted by Gasteiger charge is 2.14. The Labute approximate surface area is 175 Å². The molecule has 0 saturated carbocycles. The van der Waals surface area contributed by atoms with Gasteiger partial charge in [-0.2, -0.15) is 0 Å². The van der Waals surface area contributed by atoms with Crippen LogP contribution in [0.4, 0.5) is 15.2 Å². The third kappa shape index (κ3) is 4.61. The fourth-order valence-corrected chi connectivity index (χ4v) is 3.66. The van der Waals surface area contributed by atoms with E-state index in [9.17, 15) is 14.0 Å². The van der Waals surface area contributed by atoms with Crippen LogP contribution < -0.4 is 15.4 Å². The van der Waals surface area contributed by atoms with Crippen LogP contribution in [-0.4, -0.2) is 23.4 Å². The molecule has 0 spiro atoms. The summed E-state index contributed by atoms with van der Waals surface area (Å²) in [5.74, 6) is -0.858. The number of fused-ring (bicyclic) bond motifs is 1. The van der Waals surface area contributed by atoms with Crippen LogP contribution in [0.1, 0.15) is 10.4 Å². The van der Waals surface area contributed by atoms with Crippen LogP contribution in [0.5, 0.6) is 5.75 Å². The number of benzene rings is 3. The van der Waals surface area contributed by atoms with Crippen molar-refractivity contribution in [3.8, 4) is 5.75 Å². The van der Waals surface area contributed by atoms with Crippen molar-refractivity contribution >= 4 is 44.2 Å². The number of anilines is 2. The predicted octanol–water partition coefficient (Wildman–Crippen LogP) is 4.71. The van der Waals surface area contributed by atoms with Crippen LogP contribution in [-0.2, 0) is 4.79 Å². The summed E-state index contributed by atoms with van der Waals surface area (Å²) in [7, 11) is 0. The van der Waals surface area contributed by atoms with Gasteiger partial charge in [-0.3, -0.25) is 14.9 Å². The van der Waals surface area contributed by atoms with E-state index < -0.39 is 5.91 Å². The molecule has 0 fully saturated rings. The number of carbonyl (C=O) groups is 2. The second-order valence-electron chi connectivity index (χ2n) is 6.28. The molecule has 2 N–H and O–H groups in total. The van der Waals surface area contributed by atoms with Crippen molar-refractivity contribution < 1.29 is 18.7 Å². The third-order valence-electron chi connectivity index (χ3n) is 4.12. The van der Waals surface area contributed by atoms with Gasteiger partial charge in [-0.25, -0.2) is 9.37 Å². The number of nitrogens with zero attached hydrogens (tertiary/aromatic N) is 1. The summed E-state index contributed by atoms with van der Waals surface area (Å²) in [6.45, 7) is -0.306. The molecule has 0 aliphatic rings. The van der Waals surface area contributed by atoms with E-state index in [1.807, 2.05) is 18.2 Å². The number of carbonyl (C=O) groups excluding carboxylic acids is 2. The molecule has 4 aromatic rings. The molecule has 0 radical (unpaired) electrons. The predicted molar refractivity (Wildman–Crippen MR) is 115 cm³/mol. The molecular formula is C22H16FN3O3S. The fourth-order valence-electron chi connectivity index (χ4n) is 2.75. The molecule has 0 aliphatic carbocycles. The Balaban J connectivity index is 1.40. The van der Waals surface area contributed by atoms with Crippen LogP contribution in [0.25, 0.3) is 10.2 Å². The van der Waals surface area contributed by atoms with Gasteiger partial charge < -0.3 is 10.1 Å². The quantitative estimate of drug-likeness (QED) is 0.473. The first-order chi connectivity index (χ1) is 14.6. The van der Waals surface area contributed by atoms with Gasteiger partial charge in [0.1, 0.15) is 11.6 Å². The molecule has 150 valence electrons. The zero-order valence-corrected chi connectivity index (χ0v) is 16.4. The molecule has 0 bridgehead atoms. The Morgan fingerprint density at radius 3 is 2.57 bits per heavy atom. The Morgan fingerprint density at radius 1 is 0.967 bits per heavy atom. The minimum Gasteiger partial charge on any atom is -0.483 e. The van der Waals surface area contributed by atoms with Crippen molar-refractivity contribution in [3.63, 3.8) is 0 Å². The van der Waals surface area contributed by atoms with Gasteiger partial charge in [0.25, 0.3) is 11.8 Å². The largest absolute Gasteiger partial charge is 0.483 e. The van der Waals surface area contributed by atoms with E-state index >= 15 is 0 Å². The Morgan fingerprint density at radius 2 is 1.73 bits per heavy atom. The first-order valence-electron chi connectivity index (χ1n) is 9.03. The highest BCUT2D eigenvalue weighted by atomic mass is 32.1. The summed E-state index contributed by atoms with van der Waals surface area (Å²) < 4.78 is 19.5. The number of rotatable bonds is 6. The average molecular weight is 421 g/mol. The van der Waals surface area contributed by atoms with E-state index in [0.29, 0.717) is 26.6 Å². The summed E-state index contributed by atoms with van der Waals surface area (Å²) in [6, 6.07) is 19.9. The molecule has 8 heteroatoms. The number of nitrogens with one attached hydrogen (secondary N) is 2. The summed E-state index contributed by atoms with van der Waals surface area (Å²) in [5, 5.41) is 5.76. The van der Waals surface area contributed by atoms with Gasteiger partial charge in [-0.15, -0.1) is 0 Å². The maximum absolute atomic E-state index is 13.3. The second-order valence-corrected chi connectivity index (χ2v) is 7.31. The van der Waals surface area contributed by atoms with E-state index in [4.69, 9.17) is 4.74 Å². The monoisotopic (exact) mass is 421 g/mol. The maximum atomic E-state index is 13.3. The van der Waals surface area contributed by atoms with E-state index in [-0.39, 0.29) is 24.1 Å². The molecule has 2 amide bonds. The van der Waals surface area contributed by atoms with Crippen molar-refractivity contribution in [2.45, 2.75) is 0 Å². The first kappa shape index (κ1) is 19.5. The topological polar surface area (TPSA) is 80.3 Å². The van der Waals surface area contributed by atoms with Crippen LogP contribution in [0.2, 0.25) is 0 Å². The third-order valence-corrected chi connectivity index (χ3v) is 5.05. The molecule has 3 aromatic carbocycles. The molecule has 0 aliphatic heterocycles. The lowest BCUT2D eigenvalue weighted by molar-refractivity contribution is -0.118. The number of hydrogen-bond donors (Lipinski definition) is 2. The summed E-state index contributed by atoms with van der Waals surface area (Å²) in [4.78, 5) is 29.1. The number of halogens is 1. The van der Waals surface area contributed by atoms with Gasteiger partial charge in [0.2, 0.25) is 0 Å². The van der Waals surface area contributed by atoms with Crippen molar-refractivity contribution in [2.75, 3.05) is 17.2 Å². The number of ether oxygens (including phenoxy) is 1. The Kier molecular flexibility index (Phi) is 5.67. The highest BCUT2D eigenvalue weighted by molar-refractivity contribution is 7.22. The van der Waals surface area contributed by atoms with Gasteiger partial charge in [-0.05, 0) is 42.5 Å². The van der Waals surface area contributed by atoms with Crippen LogP contribution in [0.3, 0.4) is 0 Å². The lowest BCUT2D eigenvalue weighted by Crippen LogP contribution is -2.21. The molecule has 0 unspecified atom stereocenters. The van der Waals surface area contributed by atoms with Gasteiger partial charge in [0, 0.05) is 5.69 Å². The lowest BCUT2D eigenvalue weighted by Gasteiger charge is -2.11. The molecule has 30 heavy (non-hydrogen) atoms. The Hall–Kier alpha value is -3.78. The second kappa shape index (κ2) is 8.71. The van der Waals surface area contributed by atoms with Crippen LogP contribution in [0.15, 0.2) is 72.8 Å². The van der Waals surface area contributed by atoms with Gasteiger partial charge in [0.15, 0.2) is 11.7 Å². The standard InChI is InChI=1S/C22H16FN3O3S/c23-14-10-11-17-19(12-14)30-22(25-17)26-20(27)13-29-18-9-5-4-8-16(18)21(28)24-15-6-2-1-3-7-15/h1-12H,13H2,(H,24,28)(H,25,26,27). The maximum Gasteiger partial charge on any atom is 0.264 e. The van der Waals surface area contributed by atoms with Crippen molar-refractivity contribution in [1.29, 1.82) is 0 Å². The van der Waals surface area contributed by atoms with Gasteiger partial charge in [0.05, 0.1) is 15.8 Å². The molecule has 6 nitrogen and oxygen atoms in total. The normalized spacial score (nSPS) is 10.6. The highest BCUT2D eigenvalue weighted by Crippen LogP contribution is 2.26. The minimum absolute atomic E-state index is 0.285. The van der Waals surface area contributed by atoms with E-state index in [1.54, 1.807) is 42.5 Å². The Bertz CT molecular complexity index is 1210. The SMILES string of the molecule is O=C(COc1ccccc1C(=O)Nc1ccccc1)Nc1nc2ccc(F)cc2s1. The van der Waals surface area contributed by atoms with Gasteiger partial charge in [-0.1, -0.05) is 41.7 Å². The summed E-state index contributed by atoms with van der Waals surface area (Å²) in [5.41, 5.74) is 1.56. The number of amides is 2. The van der Waals surface area contributed by atoms with Crippen molar-refractivity contribution in [2.24, 2.45) is 0 Å². The molecule has 0 atom stereocenters. The van der Waals surface area contributed by atoms with Crippen molar-refractivity contribution in [1.82, 2.24) is 4.98 Å². The molecule has 4 rings (SSSR count). The smallest absolute Gasteiger partial charge is 0.264 e. The zero-order chi connectivity index (χ0) is 20.9. The molecular weight excluding hydrogens is 405 g/mol. The fraction of sp³-hybridized carbons (Fsp3) is 0.0455. The minimum atomic E-state index is -0.437. The van der Waals surface area contributed by atoms with E-state index in [0.717, 1.165) is 0 Å².